The van der Waals surface area contributed by atoms with Gasteiger partial charge in [-0.3, -0.25) is 0 Å². The van der Waals surface area contributed by atoms with Crippen LogP contribution in [0.5, 0.6) is 0 Å². The van der Waals surface area contributed by atoms with Crippen LogP contribution in [-0.4, -0.2) is 0 Å². The largest absolute Gasteiger partial charge is 0.466 e. The van der Waals surface area contributed by atoms with E-state index in [0.717, 1.165) is 23.0 Å². The fourth-order valence-corrected chi connectivity index (χ4v) is 2.89. The molecule has 1 atom stereocenters. The highest BCUT2D eigenvalue weighted by Gasteiger charge is 2.21. The first-order chi connectivity index (χ1) is 9.15. The summed E-state index contributed by atoms with van der Waals surface area (Å²) in [6, 6.07) is 10.7. The monoisotopic (exact) mass is 255 g/mol. The van der Waals surface area contributed by atoms with Crippen molar-refractivity contribution in [3.63, 3.8) is 0 Å². The summed E-state index contributed by atoms with van der Waals surface area (Å²) < 4.78 is 5.59. The topological polar surface area (TPSA) is 39.2 Å². The summed E-state index contributed by atoms with van der Waals surface area (Å²) in [7, 11) is 0. The van der Waals surface area contributed by atoms with Gasteiger partial charge >= 0.3 is 0 Å². The van der Waals surface area contributed by atoms with Crippen molar-refractivity contribution in [1.82, 2.24) is 0 Å². The fraction of sp³-hybridized carbons (Fsp3) is 0.412. The molecule has 1 aromatic heterocycles. The Morgan fingerprint density at radius 2 is 2.00 bits per heavy atom. The molecule has 1 aromatic carbocycles. The van der Waals surface area contributed by atoms with Gasteiger partial charge < -0.3 is 10.2 Å². The molecule has 0 aliphatic heterocycles. The summed E-state index contributed by atoms with van der Waals surface area (Å²) in [5.41, 5.74) is 10.1. The molecule has 0 bridgehead atoms. The predicted octanol–water partition coefficient (Wildman–Crippen LogP) is 4.21. The van der Waals surface area contributed by atoms with Crippen molar-refractivity contribution >= 4 is 0 Å². The predicted molar refractivity (Wildman–Crippen MR) is 77.2 cm³/mol. The minimum absolute atomic E-state index is 0.0857. The Balaban J connectivity index is 1.90. The highest BCUT2D eigenvalue weighted by Crippen LogP contribution is 2.37. The van der Waals surface area contributed by atoms with E-state index in [9.17, 15) is 0 Å². The molecule has 0 amide bonds. The molecule has 1 aliphatic rings. The van der Waals surface area contributed by atoms with Crippen LogP contribution in [0.2, 0.25) is 0 Å². The van der Waals surface area contributed by atoms with Gasteiger partial charge in [0.25, 0.3) is 0 Å². The minimum Gasteiger partial charge on any atom is -0.466 e. The summed E-state index contributed by atoms with van der Waals surface area (Å²) >= 11 is 0. The minimum atomic E-state index is -0.0857. The second kappa shape index (κ2) is 4.86. The summed E-state index contributed by atoms with van der Waals surface area (Å²) in [5, 5.41) is 0. The van der Waals surface area contributed by atoms with Crippen LogP contribution in [0.4, 0.5) is 0 Å². The molecular weight excluding hydrogens is 234 g/mol. The van der Waals surface area contributed by atoms with Gasteiger partial charge in [-0.15, -0.1) is 0 Å². The van der Waals surface area contributed by atoms with Crippen molar-refractivity contribution in [2.24, 2.45) is 5.73 Å². The van der Waals surface area contributed by atoms with E-state index in [1.165, 1.54) is 30.4 Å². The quantitative estimate of drug-likeness (QED) is 0.892. The van der Waals surface area contributed by atoms with Crippen molar-refractivity contribution in [3.05, 3.63) is 58.5 Å². The number of nitrogens with two attached hydrogens (primary N) is 1. The van der Waals surface area contributed by atoms with Gasteiger partial charge in [-0.25, -0.2) is 0 Å². The molecule has 19 heavy (non-hydrogen) atoms. The van der Waals surface area contributed by atoms with Gasteiger partial charge in [0, 0.05) is 5.56 Å². The van der Waals surface area contributed by atoms with E-state index in [1.807, 2.05) is 13.8 Å². The third kappa shape index (κ3) is 2.33. The van der Waals surface area contributed by atoms with Crippen LogP contribution in [0.3, 0.4) is 0 Å². The Hall–Kier alpha value is -1.54. The molecule has 1 fully saturated rings. The number of benzene rings is 1. The Morgan fingerprint density at radius 1 is 1.21 bits per heavy atom. The molecule has 1 saturated carbocycles. The van der Waals surface area contributed by atoms with Gasteiger partial charge in [0.05, 0.1) is 6.04 Å². The molecular formula is C17H21NO. The first-order valence-corrected chi connectivity index (χ1v) is 7.07. The Morgan fingerprint density at radius 3 is 2.58 bits per heavy atom. The van der Waals surface area contributed by atoms with Gasteiger partial charge in [-0.1, -0.05) is 30.7 Å². The third-order valence-electron chi connectivity index (χ3n) is 4.26. The number of furan rings is 1. The summed E-state index contributed by atoms with van der Waals surface area (Å²) in [5.74, 6) is 2.61. The highest BCUT2D eigenvalue weighted by molar-refractivity contribution is 5.37. The second-order valence-corrected chi connectivity index (χ2v) is 5.64. The van der Waals surface area contributed by atoms with Crippen LogP contribution in [-0.2, 0) is 0 Å². The normalized spacial score (nSPS) is 17.2. The number of aryl methyl sites for hydroxylation is 2. The number of hydrogen-bond acceptors (Lipinski definition) is 2. The van der Waals surface area contributed by atoms with Crippen molar-refractivity contribution < 1.29 is 4.42 Å². The Labute approximate surface area is 114 Å². The average molecular weight is 255 g/mol. The van der Waals surface area contributed by atoms with E-state index in [2.05, 4.69) is 30.3 Å². The smallest absolute Gasteiger partial charge is 0.106 e. The maximum atomic E-state index is 6.40. The van der Waals surface area contributed by atoms with Gasteiger partial charge in [0.2, 0.25) is 0 Å². The molecule has 2 heteroatoms. The maximum Gasteiger partial charge on any atom is 0.106 e. The van der Waals surface area contributed by atoms with Crippen LogP contribution >= 0.6 is 0 Å². The summed E-state index contributed by atoms with van der Waals surface area (Å²) in [6.45, 7) is 3.95. The molecule has 2 N–H and O–H groups in total. The van der Waals surface area contributed by atoms with Gasteiger partial charge in [-0.2, -0.15) is 0 Å². The molecule has 2 nitrogen and oxygen atoms in total. The van der Waals surface area contributed by atoms with Crippen molar-refractivity contribution in [1.29, 1.82) is 0 Å². The van der Waals surface area contributed by atoms with Gasteiger partial charge in [0.15, 0.2) is 0 Å². The molecule has 1 heterocycles. The van der Waals surface area contributed by atoms with E-state index < -0.39 is 0 Å². The SMILES string of the molecule is Cc1cc(C(N)c2cccc(C3CCC3)c2)c(C)o1. The summed E-state index contributed by atoms with van der Waals surface area (Å²) in [4.78, 5) is 0. The maximum absolute atomic E-state index is 6.40. The lowest BCUT2D eigenvalue weighted by atomic mass is 9.79. The standard InChI is InChI=1S/C17H21NO/c1-11-9-16(12(2)19-11)17(18)15-8-4-7-14(10-15)13-5-3-6-13/h4,7-10,13,17H,3,5-6,18H2,1-2H3. The van der Waals surface area contributed by atoms with E-state index in [0.29, 0.717) is 0 Å². The molecule has 3 rings (SSSR count). The molecule has 100 valence electrons. The highest BCUT2D eigenvalue weighted by atomic mass is 16.3. The fourth-order valence-electron chi connectivity index (χ4n) is 2.89. The third-order valence-corrected chi connectivity index (χ3v) is 4.26. The van der Waals surface area contributed by atoms with Gasteiger partial charge in [-0.05, 0) is 49.8 Å². The lowest BCUT2D eigenvalue weighted by Gasteiger charge is -2.26. The van der Waals surface area contributed by atoms with Crippen LogP contribution < -0.4 is 5.73 Å². The van der Waals surface area contributed by atoms with E-state index in [-0.39, 0.29) is 6.04 Å². The number of rotatable bonds is 3. The Bertz CT molecular complexity index is 581. The van der Waals surface area contributed by atoms with Gasteiger partial charge in [0.1, 0.15) is 11.5 Å². The number of hydrogen-bond donors (Lipinski definition) is 1. The lowest BCUT2D eigenvalue weighted by molar-refractivity contribution is 0.419. The lowest BCUT2D eigenvalue weighted by Crippen LogP contribution is -2.14. The van der Waals surface area contributed by atoms with Crippen molar-refractivity contribution in [2.45, 2.75) is 45.1 Å². The van der Waals surface area contributed by atoms with Crippen LogP contribution in [0.1, 0.15) is 59.4 Å². The first-order valence-electron chi connectivity index (χ1n) is 7.07. The van der Waals surface area contributed by atoms with E-state index >= 15 is 0 Å². The molecule has 1 aliphatic carbocycles. The first kappa shape index (κ1) is 12.5. The zero-order valence-corrected chi connectivity index (χ0v) is 11.6. The molecule has 2 aromatic rings. The van der Waals surface area contributed by atoms with Crippen LogP contribution in [0, 0.1) is 13.8 Å². The average Bonchev–Trinajstić information content (AvgIpc) is 2.66. The molecule has 0 saturated heterocycles. The van der Waals surface area contributed by atoms with Crippen LogP contribution in [0.25, 0.3) is 0 Å². The summed E-state index contributed by atoms with van der Waals surface area (Å²) in [6.07, 6.45) is 4.01. The van der Waals surface area contributed by atoms with E-state index in [4.69, 9.17) is 10.2 Å². The Kier molecular flexibility index (Phi) is 3.19. The zero-order chi connectivity index (χ0) is 13.4. The van der Waals surface area contributed by atoms with Crippen molar-refractivity contribution in [3.8, 4) is 0 Å². The second-order valence-electron chi connectivity index (χ2n) is 5.64. The molecule has 0 radical (unpaired) electrons. The zero-order valence-electron chi connectivity index (χ0n) is 11.6. The molecule has 0 spiro atoms. The van der Waals surface area contributed by atoms with Crippen molar-refractivity contribution in [2.75, 3.05) is 0 Å². The molecule has 1 unspecified atom stereocenters. The van der Waals surface area contributed by atoms with E-state index in [1.54, 1.807) is 0 Å². The van der Waals surface area contributed by atoms with Crippen LogP contribution in [0.15, 0.2) is 34.7 Å².